The molecule has 1 aromatic carbocycles. The van der Waals surface area contributed by atoms with Crippen LogP contribution < -0.4 is 15.4 Å². The summed E-state index contributed by atoms with van der Waals surface area (Å²) in [6, 6.07) is 6.94. The van der Waals surface area contributed by atoms with Crippen molar-refractivity contribution < 1.29 is 14.6 Å². The van der Waals surface area contributed by atoms with Gasteiger partial charge < -0.3 is 20.5 Å². The van der Waals surface area contributed by atoms with E-state index in [-0.39, 0.29) is 12.1 Å². The fourth-order valence-electron chi connectivity index (χ4n) is 1.51. The van der Waals surface area contributed by atoms with E-state index in [1.54, 1.807) is 26.2 Å². The zero-order valence-electron chi connectivity index (χ0n) is 10.8. The highest BCUT2D eigenvalue weighted by atomic mass is 16.5. The molecule has 1 unspecified atom stereocenters. The average molecular weight is 252 g/mol. The van der Waals surface area contributed by atoms with Crippen molar-refractivity contribution >= 4 is 11.7 Å². The summed E-state index contributed by atoms with van der Waals surface area (Å²) in [6.07, 6.45) is 1.09. The number of aliphatic hydroxyl groups is 1. The molecule has 0 saturated carbocycles. The van der Waals surface area contributed by atoms with E-state index in [1.807, 2.05) is 12.1 Å². The summed E-state index contributed by atoms with van der Waals surface area (Å²) in [5, 5.41) is 14.5. The number of hydrogen-bond donors (Lipinski definition) is 3. The molecule has 5 nitrogen and oxygen atoms in total. The number of ether oxygens (including phenoxy) is 1. The molecule has 100 valence electrons. The van der Waals surface area contributed by atoms with Crippen LogP contribution in [0.1, 0.15) is 19.8 Å². The van der Waals surface area contributed by atoms with Crippen molar-refractivity contribution in [2.24, 2.45) is 0 Å². The molecule has 0 aliphatic carbocycles. The summed E-state index contributed by atoms with van der Waals surface area (Å²) in [5.41, 5.74) is 0.632. The number of para-hydroxylation sites is 2. The lowest BCUT2D eigenvalue weighted by atomic mass is 10.2. The van der Waals surface area contributed by atoms with Crippen molar-refractivity contribution in [2.75, 3.05) is 19.0 Å². The highest BCUT2D eigenvalue weighted by molar-refractivity contribution is 5.90. The number of rotatable bonds is 6. The van der Waals surface area contributed by atoms with Crippen LogP contribution in [0.3, 0.4) is 0 Å². The fourth-order valence-corrected chi connectivity index (χ4v) is 1.51. The first kappa shape index (κ1) is 14.3. The maximum absolute atomic E-state index is 11.6. The molecule has 0 aromatic heterocycles. The van der Waals surface area contributed by atoms with Gasteiger partial charge in [-0.3, -0.25) is 0 Å². The number of aliphatic hydroxyl groups excluding tert-OH is 1. The second kappa shape index (κ2) is 7.55. The van der Waals surface area contributed by atoms with Gasteiger partial charge in [0.25, 0.3) is 0 Å². The number of amides is 2. The molecule has 5 heteroatoms. The first-order valence-corrected chi connectivity index (χ1v) is 5.99. The average Bonchev–Trinajstić information content (AvgIpc) is 2.35. The minimum Gasteiger partial charge on any atom is -0.495 e. The Morgan fingerprint density at radius 2 is 2.17 bits per heavy atom. The first-order valence-electron chi connectivity index (χ1n) is 5.99. The van der Waals surface area contributed by atoms with Gasteiger partial charge in [-0.15, -0.1) is 0 Å². The smallest absolute Gasteiger partial charge is 0.319 e. The Kier molecular flexibility index (Phi) is 6.00. The van der Waals surface area contributed by atoms with E-state index in [0.29, 0.717) is 24.4 Å². The standard InChI is InChI=1S/C13H20N2O3/c1-10(16)6-5-9-14-13(17)15-11-7-3-4-8-12(11)18-2/h3-4,7-8,10,16H,5-6,9H2,1-2H3,(H2,14,15,17). The second-order valence-corrected chi connectivity index (χ2v) is 4.07. The third-order valence-electron chi connectivity index (χ3n) is 2.44. The number of hydrogen-bond acceptors (Lipinski definition) is 3. The molecule has 0 fully saturated rings. The van der Waals surface area contributed by atoms with Crippen LogP contribution in [-0.2, 0) is 0 Å². The second-order valence-electron chi connectivity index (χ2n) is 4.07. The molecule has 18 heavy (non-hydrogen) atoms. The van der Waals surface area contributed by atoms with E-state index < -0.39 is 0 Å². The van der Waals surface area contributed by atoms with Gasteiger partial charge in [-0.05, 0) is 31.9 Å². The van der Waals surface area contributed by atoms with Crippen LogP contribution in [0.15, 0.2) is 24.3 Å². The lowest BCUT2D eigenvalue weighted by molar-refractivity contribution is 0.181. The molecule has 0 aliphatic heterocycles. The summed E-state index contributed by atoms with van der Waals surface area (Å²) in [7, 11) is 1.56. The molecule has 0 heterocycles. The van der Waals surface area contributed by atoms with Crippen LogP contribution in [-0.4, -0.2) is 30.9 Å². The Bertz CT molecular complexity index is 380. The number of carbonyl (C=O) groups is 1. The Labute approximate surface area is 107 Å². The molecule has 0 radical (unpaired) electrons. The van der Waals surface area contributed by atoms with E-state index in [9.17, 15) is 4.79 Å². The zero-order chi connectivity index (χ0) is 13.4. The molecule has 1 atom stereocenters. The quantitative estimate of drug-likeness (QED) is 0.678. The van der Waals surface area contributed by atoms with Gasteiger partial charge in [0.1, 0.15) is 5.75 Å². The summed E-state index contributed by atoms with van der Waals surface area (Å²) in [6.45, 7) is 2.26. The van der Waals surface area contributed by atoms with Crippen LogP contribution in [0.25, 0.3) is 0 Å². The summed E-state index contributed by atoms with van der Waals surface area (Å²) >= 11 is 0. The topological polar surface area (TPSA) is 70.6 Å². The maximum Gasteiger partial charge on any atom is 0.319 e. The number of nitrogens with one attached hydrogen (secondary N) is 2. The number of anilines is 1. The lowest BCUT2D eigenvalue weighted by Crippen LogP contribution is -2.30. The molecule has 1 aromatic rings. The van der Waals surface area contributed by atoms with Crippen molar-refractivity contribution in [3.05, 3.63) is 24.3 Å². The van der Waals surface area contributed by atoms with E-state index >= 15 is 0 Å². The van der Waals surface area contributed by atoms with Crippen molar-refractivity contribution in [2.45, 2.75) is 25.9 Å². The molecule has 0 spiro atoms. The zero-order valence-corrected chi connectivity index (χ0v) is 10.8. The Hall–Kier alpha value is -1.75. The molecular weight excluding hydrogens is 232 g/mol. The lowest BCUT2D eigenvalue weighted by Gasteiger charge is -2.11. The van der Waals surface area contributed by atoms with Crippen LogP contribution >= 0.6 is 0 Å². The SMILES string of the molecule is COc1ccccc1NC(=O)NCCCC(C)O. The first-order chi connectivity index (χ1) is 8.63. The third kappa shape index (κ3) is 5.05. The van der Waals surface area contributed by atoms with Gasteiger partial charge in [-0.25, -0.2) is 4.79 Å². The largest absolute Gasteiger partial charge is 0.495 e. The van der Waals surface area contributed by atoms with Crippen LogP contribution in [0.5, 0.6) is 5.75 Å². The summed E-state index contributed by atoms with van der Waals surface area (Å²) in [4.78, 5) is 11.6. The highest BCUT2D eigenvalue weighted by Crippen LogP contribution is 2.22. The maximum atomic E-state index is 11.6. The van der Waals surface area contributed by atoms with Gasteiger partial charge in [-0.2, -0.15) is 0 Å². The molecule has 2 amide bonds. The third-order valence-corrected chi connectivity index (χ3v) is 2.44. The number of carbonyl (C=O) groups excluding carboxylic acids is 1. The van der Waals surface area contributed by atoms with Gasteiger partial charge in [0.05, 0.1) is 18.9 Å². The predicted octanol–water partition coefficient (Wildman–Crippen LogP) is 1.98. The number of methoxy groups -OCH3 is 1. The Morgan fingerprint density at radius 3 is 2.83 bits per heavy atom. The Morgan fingerprint density at radius 1 is 1.44 bits per heavy atom. The van der Waals surface area contributed by atoms with Crippen LogP contribution in [0.2, 0.25) is 0 Å². The van der Waals surface area contributed by atoms with Gasteiger partial charge in [0.15, 0.2) is 0 Å². The summed E-state index contributed by atoms with van der Waals surface area (Å²) < 4.78 is 5.13. The van der Waals surface area contributed by atoms with Gasteiger partial charge in [-0.1, -0.05) is 12.1 Å². The van der Waals surface area contributed by atoms with Crippen LogP contribution in [0, 0.1) is 0 Å². The summed E-state index contributed by atoms with van der Waals surface area (Å²) in [5.74, 6) is 0.622. The molecule has 0 bridgehead atoms. The van der Waals surface area contributed by atoms with E-state index in [0.717, 1.165) is 6.42 Å². The van der Waals surface area contributed by atoms with E-state index in [2.05, 4.69) is 10.6 Å². The van der Waals surface area contributed by atoms with Gasteiger partial charge >= 0.3 is 6.03 Å². The normalized spacial score (nSPS) is 11.7. The molecular formula is C13H20N2O3. The monoisotopic (exact) mass is 252 g/mol. The molecule has 0 aliphatic rings. The minimum absolute atomic E-state index is 0.273. The van der Waals surface area contributed by atoms with Gasteiger partial charge in [0.2, 0.25) is 0 Å². The highest BCUT2D eigenvalue weighted by Gasteiger charge is 2.05. The fraction of sp³-hybridized carbons (Fsp3) is 0.462. The van der Waals surface area contributed by atoms with E-state index in [1.165, 1.54) is 0 Å². The number of urea groups is 1. The molecule has 3 N–H and O–H groups in total. The number of benzene rings is 1. The van der Waals surface area contributed by atoms with Crippen molar-refractivity contribution in [1.29, 1.82) is 0 Å². The van der Waals surface area contributed by atoms with Crippen LogP contribution in [0.4, 0.5) is 10.5 Å². The Balaban J connectivity index is 2.35. The predicted molar refractivity (Wildman–Crippen MR) is 70.9 cm³/mol. The van der Waals surface area contributed by atoms with Crippen molar-refractivity contribution in [3.8, 4) is 5.75 Å². The van der Waals surface area contributed by atoms with Gasteiger partial charge in [0, 0.05) is 6.54 Å². The molecule has 1 rings (SSSR count). The molecule has 0 saturated heterocycles. The van der Waals surface area contributed by atoms with Crippen molar-refractivity contribution in [1.82, 2.24) is 5.32 Å². The van der Waals surface area contributed by atoms with E-state index in [4.69, 9.17) is 9.84 Å². The minimum atomic E-state index is -0.330. The van der Waals surface area contributed by atoms with Crippen molar-refractivity contribution in [3.63, 3.8) is 0 Å².